The third-order valence-corrected chi connectivity index (χ3v) is 11.8. The third-order valence-electron chi connectivity index (χ3n) is 11.8. The van der Waals surface area contributed by atoms with E-state index in [1.165, 1.54) is 87.7 Å². The first-order valence-electron chi connectivity index (χ1n) is 19.6. The molecule has 0 bridgehead atoms. The van der Waals surface area contributed by atoms with E-state index in [2.05, 4.69) is 226 Å². The summed E-state index contributed by atoms with van der Waals surface area (Å²) in [5, 5.41) is 7.47. The molecule has 0 aliphatic heterocycles. The van der Waals surface area contributed by atoms with Gasteiger partial charge in [0.05, 0.1) is 33.1 Å². The molecule has 12 rings (SSSR count). The van der Waals surface area contributed by atoms with Gasteiger partial charge in [-0.3, -0.25) is 0 Å². The first-order valence-corrected chi connectivity index (χ1v) is 19.6. The highest BCUT2D eigenvalue weighted by Gasteiger charge is 2.20. The number of benzene rings is 9. The molecule has 3 nitrogen and oxygen atoms in total. The van der Waals surface area contributed by atoms with E-state index in [-0.39, 0.29) is 0 Å². The van der Waals surface area contributed by atoms with Crippen molar-refractivity contribution in [1.29, 1.82) is 0 Å². The van der Waals surface area contributed by atoms with Crippen LogP contribution < -0.4 is 0 Å². The average molecular weight is 726 g/mol. The molecule has 266 valence electrons. The first-order chi connectivity index (χ1) is 28.3. The highest BCUT2D eigenvalue weighted by molar-refractivity contribution is 6.19. The first kappa shape index (κ1) is 31.7. The van der Waals surface area contributed by atoms with Crippen LogP contribution in [0.2, 0.25) is 0 Å². The minimum Gasteiger partial charge on any atom is -0.309 e. The van der Waals surface area contributed by atoms with Crippen LogP contribution in [0.15, 0.2) is 212 Å². The van der Waals surface area contributed by atoms with Crippen LogP contribution in [0.1, 0.15) is 0 Å². The summed E-state index contributed by atoms with van der Waals surface area (Å²) in [7, 11) is 0. The Morgan fingerprint density at radius 3 is 1.12 bits per heavy atom. The van der Waals surface area contributed by atoms with E-state index in [4.69, 9.17) is 0 Å². The molecule has 3 heterocycles. The number of hydrogen-bond donors (Lipinski definition) is 0. The predicted octanol–water partition coefficient (Wildman–Crippen LogP) is 14.3. The van der Waals surface area contributed by atoms with Gasteiger partial charge in [0.25, 0.3) is 0 Å². The van der Waals surface area contributed by atoms with Crippen LogP contribution in [-0.2, 0) is 0 Å². The molecule has 0 fully saturated rings. The van der Waals surface area contributed by atoms with Gasteiger partial charge in [-0.05, 0) is 101 Å². The Hall–Kier alpha value is -7.62. The molecular formula is C54H35N3. The highest BCUT2D eigenvalue weighted by atomic mass is 15.0. The summed E-state index contributed by atoms with van der Waals surface area (Å²) < 4.78 is 7.32. The van der Waals surface area contributed by atoms with Crippen LogP contribution in [0.4, 0.5) is 0 Å². The number of fused-ring (bicyclic) bond motifs is 9. The molecule has 57 heavy (non-hydrogen) atoms. The number of para-hydroxylation sites is 4. The van der Waals surface area contributed by atoms with E-state index in [0.717, 1.165) is 17.1 Å². The van der Waals surface area contributed by atoms with Crippen molar-refractivity contribution in [1.82, 2.24) is 13.7 Å². The van der Waals surface area contributed by atoms with Gasteiger partial charge in [-0.15, -0.1) is 0 Å². The summed E-state index contributed by atoms with van der Waals surface area (Å²) in [6.07, 6.45) is 0. The molecule has 3 heteroatoms. The molecule has 0 aliphatic rings. The molecule has 0 spiro atoms. The normalized spacial score (nSPS) is 11.9. The van der Waals surface area contributed by atoms with Crippen molar-refractivity contribution in [2.45, 2.75) is 0 Å². The van der Waals surface area contributed by atoms with Crippen molar-refractivity contribution in [3.05, 3.63) is 212 Å². The SMILES string of the molecule is c1ccc(-c2cc(-c3ccccc3)cc(-n3c4ccccc4c4cc(-n5c6ccccc6c6cc7c8ccccc8n(-c8ccccc8)c7cc65)ccc43)c2)cc1. The zero-order chi connectivity index (χ0) is 37.5. The molecule has 0 radical (unpaired) electrons. The lowest BCUT2D eigenvalue weighted by atomic mass is 9.98. The molecular weight excluding hydrogens is 691 g/mol. The van der Waals surface area contributed by atoms with Crippen molar-refractivity contribution in [2.75, 3.05) is 0 Å². The van der Waals surface area contributed by atoms with Crippen LogP contribution in [0.25, 0.3) is 105 Å². The smallest absolute Gasteiger partial charge is 0.0562 e. The molecule has 0 amide bonds. The summed E-state index contributed by atoms with van der Waals surface area (Å²) >= 11 is 0. The van der Waals surface area contributed by atoms with Crippen molar-refractivity contribution in [2.24, 2.45) is 0 Å². The van der Waals surface area contributed by atoms with Gasteiger partial charge >= 0.3 is 0 Å². The largest absolute Gasteiger partial charge is 0.309 e. The van der Waals surface area contributed by atoms with Crippen molar-refractivity contribution in [3.63, 3.8) is 0 Å². The minimum atomic E-state index is 1.14. The Morgan fingerprint density at radius 1 is 0.193 bits per heavy atom. The van der Waals surface area contributed by atoms with Gasteiger partial charge in [-0.1, -0.05) is 133 Å². The Labute approximate surface area is 329 Å². The van der Waals surface area contributed by atoms with E-state index in [0.29, 0.717) is 0 Å². The number of aromatic nitrogens is 3. The van der Waals surface area contributed by atoms with Gasteiger partial charge in [0, 0.05) is 49.4 Å². The second-order valence-electron chi connectivity index (χ2n) is 15.0. The monoisotopic (exact) mass is 725 g/mol. The molecule has 0 unspecified atom stereocenters. The fourth-order valence-corrected chi connectivity index (χ4v) is 9.28. The van der Waals surface area contributed by atoms with Crippen molar-refractivity contribution < 1.29 is 0 Å². The van der Waals surface area contributed by atoms with Gasteiger partial charge in [-0.25, -0.2) is 0 Å². The predicted molar refractivity (Wildman–Crippen MR) is 240 cm³/mol. The lowest BCUT2D eigenvalue weighted by molar-refractivity contribution is 1.16. The summed E-state index contributed by atoms with van der Waals surface area (Å²) in [5.41, 5.74) is 15.4. The maximum Gasteiger partial charge on any atom is 0.0562 e. The zero-order valence-electron chi connectivity index (χ0n) is 31.0. The molecule has 9 aromatic carbocycles. The lowest BCUT2D eigenvalue weighted by Crippen LogP contribution is -1.97. The topological polar surface area (TPSA) is 14.8 Å². The number of nitrogens with zero attached hydrogens (tertiary/aromatic N) is 3. The Bertz CT molecular complexity index is 3440. The quantitative estimate of drug-likeness (QED) is 0.168. The third kappa shape index (κ3) is 4.86. The van der Waals surface area contributed by atoms with Crippen LogP contribution >= 0.6 is 0 Å². The summed E-state index contributed by atoms with van der Waals surface area (Å²) in [6, 6.07) is 77.5. The molecule has 0 atom stereocenters. The van der Waals surface area contributed by atoms with Gasteiger partial charge in [0.15, 0.2) is 0 Å². The molecule has 0 saturated carbocycles. The van der Waals surface area contributed by atoms with Crippen LogP contribution in [0.5, 0.6) is 0 Å². The molecule has 3 aromatic heterocycles. The maximum absolute atomic E-state index is 2.46. The molecule has 12 aromatic rings. The van der Waals surface area contributed by atoms with E-state index >= 15 is 0 Å². The van der Waals surface area contributed by atoms with Crippen LogP contribution in [0.3, 0.4) is 0 Å². The van der Waals surface area contributed by atoms with Gasteiger partial charge in [-0.2, -0.15) is 0 Å². The highest BCUT2D eigenvalue weighted by Crippen LogP contribution is 2.42. The Balaban J connectivity index is 1.12. The maximum atomic E-state index is 2.46. The summed E-state index contributed by atoms with van der Waals surface area (Å²) in [6.45, 7) is 0. The second kappa shape index (κ2) is 12.5. The lowest BCUT2D eigenvalue weighted by Gasteiger charge is -2.14. The molecule has 0 N–H and O–H groups in total. The van der Waals surface area contributed by atoms with Crippen molar-refractivity contribution >= 4 is 65.4 Å². The summed E-state index contributed by atoms with van der Waals surface area (Å²) in [5.74, 6) is 0. The number of hydrogen-bond acceptors (Lipinski definition) is 0. The van der Waals surface area contributed by atoms with Gasteiger partial charge < -0.3 is 13.7 Å². The second-order valence-corrected chi connectivity index (χ2v) is 15.0. The van der Waals surface area contributed by atoms with Crippen LogP contribution in [0, 0.1) is 0 Å². The Kier molecular flexibility index (Phi) is 6.93. The fraction of sp³-hybridized carbons (Fsp3) is 0. The Morgan fingerprint density at radius 2 is 0.596 bits per heavy atom. The van der Waals surface area contributed by atoms with E-state index in [1.807, 2.05) is 0 Å². The van der Waals surface area contributed by atoms with Crippen LogP contribution in [-0.4, -0.2) is 13.7 Å². The summed E-state index contributed by atoms with van der Waals surface area (Å²) in [4.78, 5) is 0. The molecule has 0 aliphatic carbocycles. The van der Waals surface area contributed by atoms with E-state index in [9.17, 15) is 0 Å². The van der Waals surface area contributed by atoms with Gasteiger partial charge in [0.1, 0.15) is 0 Å². The zero-order valence-corrected chi connectivity index (χ0v) is 31.0. The average Bonchev–Trinajstić information content (AvgIpc) is 3.91. The van der Waals surface area contributed by atoms with Gasteiger partial charge in [0.2, 0.25) is 0 Å². The van der Waals surface area contributed by atoms with E-state index < -0.39 is 0 Å². The molecule has 0 saturated heterocycles. The van der Waals surface area contributed by atoms with Crippen molar-refractivity contribution in [3.8, 4) is 39.3 Å². The standard InChI is InChI=1S/C54H35N3/c1-4-16-36(17-5-1)38-30-39(37-18-6-2-7-19-37)32-42(31-38)57-51-27-15-10-22-43(51)46-33-41(28-29-52(46)57)56-50-26-14-12-24-45(50)48-34-47-44-23-11-13-25-49(44)55(53(47)35-54(48)56)40-20-8-3-9-21-40/h1-35H. The fourth-order valence-electron chi connectivity index (χ4n) is 9.28. The van der Waals surface area contributed by atoms with E-state index in [1.54, 1.807) is 0 Å². The number of rotatable bonds is 5. The minimum absolute atomic E-state index is 1.14.